The molecule has 27 heavy (non-hydrogen) atoms. The zero-order valence-electron chi connectivity index (χ0n) is 14.1. The maximum Gasteiger partial charge on any atom is 0.417 e. The van der Waals surface area contributed by atoms with Crippen LogP contribution in [-0.4, -0.2) is 17.1 Å². The van der Waals surface area contributed by atoms with E-state index in [4.69, 9.17) is 27.9 Å². The van der Waals surface area contributed by atoms with Crippen molar-refractivity contribution < 1.29 is 22.7 Å². The van der Waals surface area contributed by atoms with Crippen LogP contribution in [0.4, 0.5) is 13.2 Å². The highest BCUT2D eigenvalue weighted by molar-refractivity contribution is 6.42. The highest BCUT2D eigenvalue weighted by Gasteiger charge is 2.34. The number of alkyl halides is 3. The molecule has 0 radical (unpaired) electrons. The number of fused-ring (bicyclic) bond motifs is 1. The van der Waals surface area contributed by atoms with Gasteiger partial charge in [0.2, 0.25) is 0 Å². The van der Waals surface area contributed by atoms with E-state index in [1.54, 1.807) is 25.1 Å². The quantitative estimate of drug-likeness (QED) is 0.475. The number of carbonyl (C=O) groups excluding carboxylic acids is 1. The van der Waals surface area contributed by atoms with Gasteiger partial charge in [-0.05, 0) is 42.8 Å². The average Bonchev–Trinajstić information content (AvgIpc) is 2.96. The number of rotatable bonds is 4. The van der Waals surface area contributed by atoms with E-state index in [0.717, 1.165) is 6.07 Å². The number of halogens is 5. The molecule has 0 aliphatic heterocycles. The second-order valence-electron chi connectivity index (χ2n) is 5.82. The minimum atomic E-state index is -4.54. The summed E-state index contributed by atoms with van der Waals surface area (Å²) in [4.78, 5) is 12.3. The van der Waals surface area contributed by atoms with Gasteiger partial charge in [0.05, 0.1) is 22.2 Å². The molecular formula is C19H14Cl2F3NO2. The lowest BCUT2D eigenvalue weighted by molar-refractivity contribution is -0.136. The van der Waals surface area contributed by atoms with Gasteiger partial charge >= 0.3 is 12.1 Å². The van der Waals surface area contributed by atoms with Crippen LogP contribution in [0.3, 0.4) is 0 Å². The molecule has 0 unspecified atom stereocenters. The highest BCUT2D eigenvalue weighted by atomic mass is 35.5. The number of ether oxygens (including phenoxy) is 1. The fourth-order valence-corrected chi connectivity index (χ4v) is 3.22. The van der Waals surface area contributed by atoms with Crippen LogP contribution in [0, 0.1) is 0 Å². The van der Waals surface area contributed by atoms with Crippen LogP contribution in [0.2, 0.25) is 10.0 Å². The molecule has 0 aliphatic rings. The van der Waals surface area contributed by atoms with E-state index in [-0.39, 0.29) is 29.7 Å². The normalized spacial score (nSPS) is 11.8. The van der Waals surface area contributed by atoms with Crippen molar-refractivity contribution in [3.63, 3.8) is 0 Å². The lowest BCUT2D eigenvalue weighted by Gasteiger charge is -2.12. The van der Waals surface area contributed by atoms with Gasteiger partial charge < -0.3 is 9.30 Å². The molecule has 0 atom stereocenters. The molecule has 142 valence electrons. The third-order valence-electron chi connectivity index (χ3n) is 4.06. The largest absolute Gasteiger partial charge is 0.461 e. The summed E-state index contributed by atoms with van der Waals surface area (Å²) >= 11 is 11.9. The van der Waals surface area contributed by atoms with Gasteiger partial charge in [0.15, 0.2) is 0 Å². The fourth-order valence-electron chi connectivity index (χ4n) is 2.90. The fraction of sp³-hybridized carbons (Fsp3) is 0.211. The van der Waals surface area contributed by atoms with Crippen molar-refractivity contribution in [2.24, 2.45) is 0 Å². The summed E-state index contributed by atoms with van der Waals surface area (Å²) in [6.07, 6.45) is -4.54. The summed E-state index contributed by atoms with van der Waals surface area (Å²) in [6, 6.07) is 9.95. The third kappa shape index (κ3) is 3.92. The zero-order valence-corrected chi connectivity index (χ0v) is 15.6. The molecule has 1 heterocycles. The molecule has 3 aromatic rings. The molecule has 0 spiro atoms. The molecule has 8 heteroatoms. The van der Waals surface area contributed by atoms with E-state index in [2.05, 4.69) is 0 Å². The van der Waals surface area contributed by atoms with Crippen LogP contribution < -0.4 is 0 Å². The lowest BCUT2D eigenvalue weighted by atomic mass is 10.1. The van der Waals surface area contributed by atoms with Crippen LogP contribution in [-0.2, 0) is 17.5 Å². The first kappa shape index (κ1) is 19.6. The predicted molar refractivity (Wildman–Crippen MR) is 98.5 cm³/mol. The second kappa shape index (κ2) is 7.44. The monoisotopic (exact) mass is 415 g/mol. The van der Waals surface area contributed by atoms with Gasteiger partial charge in [0.1, 0.15) is 5.69 Å². The second-order valence-corrected chi connectivity index (χ2v) is 6.64. The first-order valence-electron chi connectivity index (χ1n) is 8.03. The molecule has 3 nitrogen and oxygen atoms in total. The Morgan fingerprint density at radius 2 is 1.85 bits per heavy atom. The van der Waals surface area contributed by atoms with Gasteiger partial charge in [0.25, 0.3) is 0 Å². The Labute approximate surface area is 163 Å². The number of nitrogens with zero attached hydrogens (tertiary/aromatic N) is 1. The summed E-state index contributed by atoms with van der Waals surface area (Å²) in [5.74, 6) is -0.693. The molecule has 2 aromatic carbocycles. The summed E-state index contributed by atoms with van der Waals surface area (Å²) < 4.78 is 46.6. The van der Waals surface area contributed by atoms with Gasteiger partial charge in [-0.3, -0.25) is 0 Å². The topological polar surface area (TPSA) is 31.2 Å². The number of hydrogen-bond donors (Lipinski definition) is 0. The molecule has 0 saturated heterocycles. The van der Waals surface area contributed by atoms with Crippen LogP contribution in [0.15, 0.2) is 42.5 Å². The molecule has 3 rings (SSSR count). The van der Waals surface area contributed by atoms with Crippen LogP contribution in [0.5, 0.6) is 0 Å². The Balaban J connectivity index is 2.20. The van der Waals surface area contributed by atoms with Gasteiger partial charge in [-0.1, -0.05) is 35.3 Å². The first-order chi connectivity index (χ1) is 12.7. The predicted octanol–water partition coefficient (Wildman–Crippen LogP) is 6.19. The van der Waals surface area contributed by atoms with E-state index >= 15 is 0 Å². The Bertz CT molecular complexity index is 1010. The summed E-state index contributed by atoms with van der Waals surface area (Å²) in [5, 5.41) is 0.621. The molecule has 0 aliphatic carbocycles. The molecule has 0 N–H and O–H groups in total. The molecule has 0 amide bonds. The van der Waals surface area contributed by atoms with Crippen LogP contribution in [0.1, 0.15) is 28.5 Å². The Morgan fingerprint density at radius 3 is 2.48 bits per heavy atom. The van der Waals surface area contributed by atoms with Crippen molar-refractivity contribution in [1.82, 2.24) is 4.57 Å². The molecule has 0 saturated carbocycles. The standard InChI is InChI=1S/C19H14Cl2F3NO2/c1-2-27-18(26)17-9-12-13(19(22,23)24)4-3-5-16(12)25(17)10-11-6-7-14(20)15(21)8-11/h3-9H,2,10H2,1H3. The van der Waals surface area contributed by atoms with E-state index < -0.39 is 17.7 Å². The Morgan fingerprint density at radius 1 is 1.11 bits per heavy atom. The van der Waals surface area contributed by atoms with Crippen molar-refractivity contribution in [3.8, 4) is 0 Å². The van der Waals surface area contributed by atoms with Crippen LogP contribution in [0.25, 0.3) is 10.9 Å². The van der Waals surface area contributed by atoms with Gasteiger partial charge in [-0.15, -0.1) is 0 Å². The summed E-state index contributed by atoms with van der Waals surface area (Å²) in [7, 11) is 0. The van der Waals surface area contributed by atoms with Crippen molar-refractivity contribution >= 4 is 40.1 Å². The van der Waals surface area contributed by atoms with Crippen molar-refractivity contribution in [2.75, 3.05) is 6.61 Å². The maximum absolute atomic E-state index is 13.4. The number of benzene rings is 2. The number of aromatic nitrogens is 1. The minimum absolute atomic E-state index is 0.0367. The van der Waals surface area contributed by atoms with Gasteiger partial charge in [-0.25, -0.2) is 4.79 Å². The lowest BCUT2D eigenvalue weighted by Crippen LogP contribution is -2.13. The number of hydrogen-bond acceptors (Lipinski definition) is 2. The van der Waals surface area contributed by atoms with Crippen molar-refractivity contribution in [3.05, 3.63) is 69.3 Å². The van der Waals surface area contributed by atoms with Gasteiger partial charge in [0, 0.05) is 17.4 Å². The van der Waals surface area contributed by atoms with E-state index in [1.807, 2.05) is 0 Å². The van der Waals surface area contributed by atoms with E-state index in [1.165, 1.54) is 22.8 Å². The molecular weight excluding hydrogens is 402 g/mol. The molecule has 0 fully saturated rings. The van der Waals surface area contributed by atoms with Gasteiger partial charge in [-0.2, -0.15) is 13.2 Å². The van der Waals surface area contributed by atoms with Crippen LogP contribution >= 0.6 is 23.2 Å². The van der Waals surface area contributed by atoms with Crippen molar-refractivity contribution in [1.29, 1.82) is 0 Å². The van der Waals surface area contributed by atoms with Crippen molar-refractivity contribution in [2.45, 2.75) is 19.6 Å². The summed E-state index contributed by atoms with van der Waals surface area (Å²) in [5.41, 5.74) is 0.192. The number of esters is 1. The third-order valence-corrected chi connectivity index (χ3v) is 4.80. The minimum Gasteiger partial charge on any atom is -0.461 e. The molecule has 0 bridgehead atoms. The zero-order chi connectivity index (χ0) is 19.8. The molecule has 1 aromatic heterocycles. The van der Waals surface area contributed by atoms with E-state index in [9.17, 15) is 18.0 Å². The Kier molecular flexibility index (Phi) is 5.40. The van der Waals surface area contributed by atoms with E-state index in [0.29, 0.717) is 15.6 Å². The SMILES string of the molecule is CCOC(=O)c1cc2c(C(F)(F)F)cccc2n1Cc1ccc(Cl)c(Cl)c1. The summed E-state index contributed by atoms with van der Waals surface area (Å²) in [6.45, 7) is 1.88. The highest BCUT2D eigenvalue weighted by Crippen LogP contribution is 2.36. The first-order valence-corrected chi connectivity index (χ1v) is 8.78. The smallest absolute Gasteiger partial charge is 0.417 e. The average molecular weight is 416 g/mol. The maximum atomic E-state index is 13.4. The Hall–Kier alpha value is -2.18. The number of carbonyl (C=O) groups is 1.